The molecule has 0 saturated heterocycles. The van der Waals surface area contributed by atoms with Crippen LogP contribution in [0.4, 0.5) is 5.82 Å². The van der Waals surface area contributed by atoms with Crippen LogP contribution in [0.15, 0.2) is 40.9 Å². The number of nitrogens with two attached hydrogens (primary N) is 1. The van der Waals surface area contributed by atoms with Crippen LogP contribution in [0.1, 0.15) is 5.56 Å². The first kappa shape index (κ1) is 10.7. The molecule has 0 unspecified atom stereocenters. The maximum atomic E-state index is 8.75. The molecule has 0 radical (unpaired) electrons. The van der Waals surface area contributed by atoms with Gasteiger partial charge >= 0.3 is 0 Å². The number of hydrogen-bond acceptors (Lipinski definition) is 3. The highest BCUT2D eigenvalue weighted by Gasteiger charge is 2.04. The number of pyridine rings is 1. The minimum absolute atomic E-state index is 0.264. The Kier molecular flexibility index (Phi) is 2.88. The Labute approximate surface area is 102 Å². The van der Waals surface area contributed by atoms with Crippen LogP contribution in [0.2, 0.25) is 0 Å². The predicted molar refractivity (Wildman–Crippen MR) is 66.5 cm³/mol. The van der Waals surface area contributed by atoms with Gasteiger partial charge < -0.3 is 5.73 Å². The van der Waals surface area contributed by atoms with Crippen molar-refractivity contribution in [2.75, 3.05) is 5.73 Å². The Morgan fingerprint density at radius 3 is 2.69 bits per heavy atom. The van der Waals surface area contributed by atoms with Gasteiger partial charge in [0.05, 0.1) is 11.3 Å². The van der Waals surface area contributed by atoms with Gasteiger partial charge in [-0.2, -0.15) is 5.26 Å². The molecule has 0 saturated carbocycles. The summed E-state index contributed by atoms with van der Waals surface area (Å²) in [5.74, 6) is 0.264. The lowest BCUT2D eigenvalue weighted by molar-refractivity contribution is 1.31. The lowest BCUT2D eigenvalue weighted by Crippen LogP contribution is -1.96. The molecule has 0 bridgehead atoms. The quantitative estimate of drug-likeness (QED) is 0.869. The van der Waals surface area contributed by atoms with E-state index < -0.39 is 0 Å². The Morgan fingerprint density at radius 1 is 1.25 bits per heavy atom. The fourth-order valence-corrected chi connectivity index (χ4v) is 1.78. The Morgan fingerprint density at radius 2 is 2.06 bits per heavy atom. The third-order valence-corrected chi connectivity index (χ3v) is 2.66. The van der Waals surface area contributed by atoms with Crippen LogP contribution in [0.25, 0.3) is 11.3 Å². The zero-order valence-electron chi connectivity index (χ0n) is 8.31. The van der Waals surface area contributed by atoms with Crippen molar-refractivity contribution in [1.82, 2.24) is 4.98 Å². The molecule has 0 aliphatic carbocycles. The number of nitrogen functional groups attached to an aromatic ring is 1. The van der Waals surface area contributed by atoms with Crippen molar-refractivity contribution in [2.24, 2.45) is 0 Å². The smallest absolute Gasteiger partial charge is 0.142 e. The summed E-state index contributed by atoms with van der Waals surface area (Å²) >= 11 is 3.39. The van der Waals surface area contributed by atoms with Crippen LogP contribution in [0.5, 0.6) is 0 Å². The van der Waals surface area contributed by atoms with Crippen LogP contribution >= 0.6 is 15.9 Å². The Balaban J connectivity index is 2.50. The molecule has 4 heteroatoms. The number of rotatable bonds is 1. The number of halogens is 1. The molecule has 0 fully saturated rings. The highest BCUT2D eigenvalue weighted by molar-refractivity contribution is 9.10. The first-order valence-electron chi connectivity index (χ1n) is 4.63. The molecule has 0 amide bonds. The predicted octanol–water partition coefficient (Wildman–Crippen LogP) is 2.96. The van der Waals surface area contributed by atoms with Gasteiger partial charge in [0.2, 0.25) is 0 Å². The molecule has 1 heterocycles. The van der Waals surface area contributed by atoms with E-state index in [-0.39, 0.29) is 5.82 Å². The van der Waals surface area contributed by atoms with E-state index >= 15 is 0 Å². The molecule has 0 aliphatic rings. The Hall–Kier alpha value is -1.86. The van der Waals surface area contributed by atoms with Gasteiger partial charge in [0, 0.05) is 10.0 Å². The number of aromatic nitrogens is 1. The molecular weight excluding hydrogens is 266 g/mol. The molecule has 0 atom stereocenters. The molecule has 2 rings (SSSR count). The lowest BCUT2D eigenvalue weighted by Gasteiger charge is -2.03. The van der Waals surface area contributed by atoms with E-state index in [2.05, 4.69) is 20.9 Å². The Bertz CT molecular complexity index is 573. The van der Waals surface area contributed by atoms with Gasteiger partial charge in [0.15, 0.2) is 0 Å². The minimum atomic E-state index is 0.264. The fraction of sp³-hybridized carbons (Fsp3) is 0. The summed E-state index contributed by atoms with van der Waals surface area (Å²) in [4.78, 5) is 4.19. The minimum Gasteiger partial charge on any atom is -0.383 e. The monoisotopic (exact) mass is 273 g/mol. The standard InChI is InChI=1S/C12H8BrN3/c13-10-3-1-2-8(6-10)11-5-4-9(7-14)12(15)16-11/h1-6H,(H2,15,16). The fourth-order valence-electron chi connectivity index (χ4n) is 1.38. The molecule has 2 aromatic rings. The van der Waals surface area contributed by atoms with Crippen molar-refractivity contribution in [1.29, 1.82) is 5.26 Å². The summed E-state index contributed by atoms with van der Waals surface area (Å²) in [6.45, 7) is 0. The van der Waals surface area contributed by atoms with Crippen LogP contribution < -0.4 is 5.73 Å². The molecule has 2 N–H and O–H groups in total. The summed E-state index contributed by atoms with van der Waals surface area (Å²) in [6, 6.07) is 13.2. The average molecular weight is 274 g/mol. The van der Waals surface area contributed by atoms with Crippen LogP contribution in [0, 0.1) is 11.3 Å². The summed E-state index contributed by atoms with van der Waals surface area (Å²) in [5.41, 5.74) is 7.79. The highest BCUT2D eigenvalue weighted by atomic mass is 79.9. The second-order valence-corrected chi connectivity index (χ2v) is 4.17. The van der Waals surface area contributed by atoms with Gasteiger partial charge in [-0.05, 0) is 24.3 Å². The molecule has 3 nitrogen and oxygen atoms in total. The molecule has 0 aliphatic heterocycles. The van der Waals surface area contributed by atoms with Gasteiger partial charge in [-0.15, -0.1) is 0 Å². The summed E-state index contributed by atoms with van der Waals surface area (Å²) in [7, 11) is 0. The van der Waals surface area contributed by atoms with E-state index in [0.717, 1.165) is 15.7 Å². The lowest BCUT2D eigenvalue weighted by atomic mass is 10.1. The highest BCUT2D eigenvalue weighted by Crippen LogP contribution is 2.22. The SMILES string of the molecule is N#Cc1ccc(-c2cccc(Br)c2)nc1N. The van der Waals surface area contributed by atoms with E-state index in [9.17, 15) is 0 Å². The van der Waals surface area contributed by atoms with Gasteiger partial charge in [0.1, 0.15) is 11.9 Å². The van der Waals surface area contributed by atoms with Gasteiger partial charge in [0.25, 0.3) is 0 Å². The van der Waals surface area contributed by atoms with Crippen molar-refractivity contribution in [2.45, 2.75) is 0 Å². The second kappa shape index (κ2) is 4.33. The topological polar surface area (TPSA) is 62.7 Å². The van der Waals surface area contributed by atoms with E-state index in [0.29, 0.717) is 5.56 Å². The average Bonchev–Trinajstić information content (AvgIpc) is 2.29. The van der Waals surface area contributed by atoms with Crippen LogP contribution in [-0.2, 0) is 0 Å². The van der Waals surface area contributed by atoms with E-state index in [1.54, 1.807) is 12.1 Å². The van der Waals surface area contributed by atoms with Gasteiger partial charge in [-0.1, -0.05) is 28.1 Å². The third-order valence-electron chi connectivity index (χ3n) is 2.17. The number of hydrogen-bond donors (Lipinski definition) is 1. The summed E-state index contributed by atoms with van der Waals surface area (Å²) in [5, 5.41) is 8.75. The van der Waals surface area contributed by atoms with Crippen molar-refractivity contribution in [3.8, 4) is 17.3 Å². The van der Waals surface area contributed by atoms with Crippen molar-refractivity contribution in [3.05, 3.63) is 46.4 Å². The number of nitriles is 1. The van der Waals surface area contributed by atoms with Crippen molar-refractivity contribution >= 4 is 21.7 Å². The number of nitrogens with zero attached hydrogens (tertiary/aromatic N) is 2. The van der Waals surface area contributed by atoms with Crippen LogP contribution in [0.3, 0.4) is 0 Å². The van der Waals surface area contributed by atoms with E-state index in [1.807, 2.05) is 30.3 Å². The van der Waals surface area contributed by atoms with Gasteiger partial charge in [-0.25, -0.2) is 4.98 Å². The zero-order valence-corrected chi connectivity index (χ0v) is 9.90. The molecule has 16 heavy (non-hydrogen) atoms. The maximum absolute atomic E-state index is 8.75. The van der Waals surface area contributed by atoms with E-state index in [1.165, 1.54) is 0 Å². The molecule has 78 valence electrons. The van der Waals surface area contributed by atoms with Crippen molar-refractivity contribution in [3.63, 3.8) is 0 Å². The zero-order chi connectivity index (χ0) is 11.5. The summed E-state index contributed by atoms with van der Waals surface area (Å²) in [6.07, 6.45) is 0. The molecule has 0 spiro atoms. The van der Waals surface area contributed by atoms with Crippen LogP contribution in [-0.4, -0.2) is 4.98 Å². The first-order valence-corrected chi connectivity index (χ1v) is 5.42. The maximum Gasteiger partial charge on any atom is 0.142 e. The molecule has 1 aromatic heterocycles. The number of anilines is 1. The summed E-state index contributed by atoms with van der Waals surface area (Å²) < 4.78 is 0.981. The number of benzene rings is 1. The third kappa shape index (κ3) is 2.05. The second-order valence-electron chi connectivity index (χ2n) is 3.25. The van der Waals surface area contributed by atoms with E-state index in [4.69, 9.17) is 11.0 Å². The molecular formula is C12H8BrN3. The normalized spacial score (nSPS) is 9.75. The largest absolute Gasteiger partial charge is 0.383 e. The first-order chi connectivity index (χ1) is 7.70. The molecule has 1 aromatic carbocycles. The van der Waals surface area contributed by atoms with Gasteiger partial charge in [-0.3, -0.25) is 0 Å². The van der Waals surface area contributed by atoms with Crippen molar-refractivity contribution < 1.29 is 0 Å².